The van der Waals surface area contributed by atoms with Gasteiger partial charge < -0.3 is 19.9 Å². The molecule has 25 heavy (non-hydrogen) atoms. The number of rotatable bonds is 7. The number of aliphatic hydroxyl groups is 1. The van der Waals surface area contributed by atoms with E-state index in [2.05, 4.69) is 11.2 Å². The fraction of sp³-hybridized carbons (Fsp3) is 0.450. The predicted octanol–water partition coefficient (Wildman–Crippen LogP) is 2.16. The van der Waals surface area contributed by atoms with Gasteiger partial charge >= 0.3 is 0 Å². The smallest absolute Gasteiger partial charge is 0.285 e. The first-order valence-electron chi connectivity index (χ1n) is 8.54. The Hall–Kier alpha value is -2.29. The lowest BCUT2D eigenvalue weighted by Crippen LogP contribution is -2.38. The highest BCUT2D eigenvalue weighted by molar-refractivity contribution is 5.91. The van der Waals surface area contributed by atoms with Crippen molar-refractivity contribution in [3.63, 3.8) is 0 Å². The van der Waals surface area contributed by atoms with Crippen LogP contribution in [0.25, 0.3) is 0 Å². The molecule has 0 aromatic heterocycles. The molecule has 0 saturated carbocycles. The summed E-state index contributed by atoms with van der Waals surface area (Å²) in [4.78, 5) is 12.1. The summed E-state index contributed by atoms with van der Waals surface area (Å²) in [6.45, 7) is 2.47. The molecule has 1 aliphatic rings. The van der Waals surface area contributed by atoms with E-state index in [0.29, 0.717) is 13.0 Å². The molecule has 134 valence electrons. The molecule has 1 heterocycles. The molecule has 1 aromatic carbocycles. The van der Waals surface area contributed by atoms with E-state index in [9.17, 15) is 9.90 Å². The van der Waals surface area contributed by atoms with Crippen LogP contribution in [0.3, 0.4) is 0 Å². The second-order valence-electron chi connectivity index (χ2n) is 5.87. The molecular formula is C20H25NO4. The largest absolute Gasteiger partial charge is 0.459 e. The fourth-order valence-electron chi connectivity index (χ4n) is 3.07. The van der Waals surface area contributed by atoms with Gasteiger partial charge in [-0.2, -0.15) is 0 Å². The molecule has 0 aliphatic carbocycles. The van der Waals surface area contributed by atoms with Crippen LogP contribution in [0.1, 0.15) is 36.8 Å². The topological polar surface area (TPSA) is 67.8 Å². The van der Waals surface area contributed by atoms with E-state index in [4.69, 9.17) is 15.9 Å². The number of hydrogen-bond donors (Lipinski definition) is 2. The van der Waals surface area contributed by atoms with Crippen molar-refractivity contribution < 1.29 is 19.4 Å². The summed E-state index contributed by atoms with van der Waals surface area (Å²) in [5, 5.41) is 11.8. The van der Waals surface area contributed by atoms with Crippen molar-refractivity contribution in [3.8, 4) is 12.3 Å². The Morgan fingerprint density at radius 2 is 2.12 bits per heavy atom. The minimum Gasteiger partial charge on any atom is -0.459 e. The van der Waals surface area contributed by atoms with Gasteiger partial charge in [0.05, 0.1) is 0 Å². The van der Waals surface area contributed by atoms with E-state index in [1.165, 1.54) is 0 Å². The van der Waals surface area contributed by atoms with Crippen LogP contribution in [-0.2, 0) is 14.3 Å². The molecule has 0 bridgehead atoms. The average molecular weight is 343 g/mol. The zero-order chi connectivity index (χ0) is 18.2. The monoisotopic (exact) mass is 343 g/mol. The van der Waals surface area contributed by atoms with E-state index in [1.54, 1.807) is 7.05 Å². The maximum atomic E-state index is 12.1. The van der Waals surface area contributed by atoms with Crippen LogP contribution >= 0.6 is 0 Å². The lowest BCUT2D eigenvalue weighted by molar-refractivity contribution is -0.166. The first kappa shape index (κ1) is 19.0. The molecule has 0 saturated heterocycles. The number of likely N-dealkylation sites (N-methyl/N-ethyl adjacent to an activating group) is 1. The molecule has 0 radical (unpaired) electrons. The molecule has 0 unspecified atom stereocenters. The first-order chi connectivity index (χ1) is 12.1. The van der Waals surface area contributed by atoms with E-state index in [0.717, 1.165) is 17.5 Å². The Kier molecular flexibility index (Phi) is 7.05. The number of carbonyl (C=O) groups is 1. The highest BCUT2D eigenvalue weighted by atomic mass is 16.7. The Bertz CT molecular complexity index is 645. The molecule has 3 atom stereocenters. The second kappa shape index (κ2) is 9.26. The summed E-state index contributed by atoms with van der Waals surface area (Å²) in [6.07, 6.45) is 8.09. The first-order valence-corrected chi connectivity index (χ1v) is 8.54. The SMILES string of the molecule is C#Cc1ccc([C@@H]2C=C(C(=O)NC)O[C@H](OCC)[C@@H]2CCCO)cc1. The molecular weight excluding hydrogens is 318 g/mol. The standard InChI is InChI=1S/C20H25NO4/c1-4-14-8-10-15(11-9-14)17-13-18(19(23)21-3)25-20(24-5-2)16(17)7-6-12-22/h1,8-11,13,16-17,20,22H,5-7,12H2,2-3H3,(H,21,23)/t16-,17+,20+/m1/s1. The minimum absolute atomic E-state index is 0.00260. The van der Waals surface area contributed by atoms with Gasteiger partial charge in [-0.15, -0.1) is 6.42 Å². The molecule has 1 aromatic rings. The van der Waals surface area contributed by atoms with Crippen LogP contribution in [0, 0.1) is 18.3 Å². The van der Waals surface area contributed by atoms with Gasteiger partial charge in [-0.3, -0.25) is 4.79 Å². The van der Waals surface area contributed by atoms with Crippen LogP contribution in [-0.4, -0.2) is 37.6 Å². The van der Waals surface area contributed by atoms with E-state index >= 15 is 0 Å². The fourth-order valence-corrected chi connectivity index (χ4v) is 3.07. The van der Waals surface area contributed by atoms with Crippen LogP contribution in [0.2, 0.25) is 0 Å². The summed E-state index contributed by atoms with van der Waals surface area (Å²) in [5.74, 6) is 2.52. The van der Waals surface area contributed by atoms with E-state index in [1.807, 2.05) is 37.3 Å². The second-order valence-corrected chi connectivity index (χ2v) is 5.87. The van der Waals surface area contributed by atoms with Gasteiger partial charge in [0.25, 0.3) is 5.91 Å². The van der Waals surface area contributed by atoms with Gasteiger partial charge in [0.2, 0.25) is 6.29 Å². The summed E-state index contributed by atoms with van der Waals surface area (Å²) in [5.41, 5.74) is 1.84. The van der Waals surface area contributed by atoms with Gasteiger partial charge in [0.1, 0.15) is 0 Å². The Labute approximate surface area is 149 Å². The van der Waals surface area contributed by atoms with Crippen molar-refractivity contribution in [1.82, 2.24) is 5.32 Å². The maximum Gasteiger partial charge on any atom is 0.285 e. The van der Waals surface area contributed by atoms with E-state index in [-0.39, 0.29) is 30.1 Å². The predicted molar refractivity (Wildman–Crippen MR) is 95.6 cm³/mol. The highest BCUT2D eigenvalue weighted by Crippen LogP contribution is 2.39. The third kappa shape index (κ3) is 4.62. The number of terminal acetylenes is 1. The summed E-state index contributed by atoms with van der Waals surface area (Å²) < 4.78 is 11.6. The molecule has 2 rings (SSSR count). The Morgan fingerprint density at radius 1 is 1.40 bits per heavy atom. The zero-order valence-electron chi connectivity index (χ0n) is 14.7. The van der Waals surface area contributed by atoms with Gasteiger partial charge in [-0.1, -0.05) is 18.1 Å². The number of ether oxygens (including phenoxy) is 2. The lowest BCUT2D eigenvalue weighted by Gasteiger charge is -2.37. The Balaban J connectivity index is 2.41. The van der Waals surface area contributed by atoms with E-state index < -0.39 is 6.29 Å². The number of amides is 1. The summed E-state index contributed by atoms with van der Waals surface area (Å²) >= 11 is 0. The van der Waals surface area contributed by atoms with Gasteiger partial charge in [-0.05, 0) is 43.5 Å². The number of aliphatic hydroxyl groups excluding tert-OH is 1. The quantitative estimate of drug-likeness (QED) is 0.745. The average Bonchev–Trinajstić information content (AvgIpc) is 2.66. The van der Waals surface area contributed by atoms with Crippen molar-refractivity contribution in [1.29, 1.82) is 0 Å². The number of nitrogens with one attached hydrogen (secondary N) is 1. The van der Waals surface area contributed by atoms with Crippen LogP contribution < -0.4 is 5.32 Å². The maximum absolute atomic E-state index is 12.1. The van der Waals surface area contributed by atoms with Crippen molar-refractivity contribution in [3.05, 3.63) is 47.2 Å². The van der Waals surface area contributed by atoms with Crippen LogP contribution in [0.4, 0.5) is 0 Å². The van der Waals surface area contributed by atoms with Crippen molar-refractivity contribution >= 4 is 5.91 Å². The molecule has 0 spiro atoms. The van der Waals surface area contributed by atoms with Gasteiger partial charge in [-0.25, -0.2) is 0 Å². The number of benzene rings is 1. The zero-order valence-corrected chi connectivity index (χ0v) is 14.7. The van der Waals surface area contributed by atoms with Crippen molar-refractivity contribution in [2.75, 3.05) is 20.3 Å². The Morgan fingerprint density at radius 3 is 2.68 bits per heavy atom. The molecule has 0 fully saturated rings. The third-order valence-electron chi connectivity index (χ3n) is 4.32. The summed E-state index contributed by atoms with van der Waals surface area (Å²) in [7, 11) is 1.57. The molecule has 2 N–H and O–H groups in total. The van der Waals surface area contributed by atoms with Crippen LogP contribution in [0.5, 0.6) is 0 Å². The minimum atomic E-state index is -0.536. The van der Waals surface area contributed by atoms with Crippen molar-refractivity contribution in [2.45, 2.75) is 32.0 Å². The molecule has 5 nitrogen and oxygen atoms in total. The van der Waals surface area contributed by atoms with Gasteiger partial charge in [0.15, 0.2) is 5.76 Å². The highest BCUT2D eigenvalue weighted by Gasteiger charge is 2.37. The number of carbonyl (C=O) groups excluding carboxylic acids is 1. The molecule has 1 aliphatic heterocycles. The number of hydrogen-bond acceptors (Lipinski definition) is 4. The molecule has 1 amide bonds. The lowest BCUT2D eigenvalue weighted by atomic mass is 9.80. The normalized spacial score (nSPS) is 22.5. The van der Waals surface area contributed by atoms with Crippen molar-refractivity contribution in [2.24, 2.45) is 5.92 Å². The molecule has 5 heteroatoms. The van der Waals surface area contributed by atoms with Crippen LogP contribution in [0.15, 0.2) is 36.1 Å². The number of allylic oxidation sites excluding steroid dienone is 1. The third-order valence-corrected chi connectivity index (χ3v) is 4.32. The van der Waals surface area contributed by atoms with Gasteiger partial charge in [0, 0.05) is 37.7 Å². The summed E-state index contributed by atoms with van der Waals surface area (Å²) in [6, 6.07) is 7.71.